The van der Waals surface area contributed by atoms with Gasteiger partial charge in [0.05, 0.1) is 35.9 Å². The molecule has 2 atom stereocenters. The van der Waals surface area contributed by atoms with Crippen LogP contribution in [0.25, 0.3) is 0 Å². The highest BCUT2D eigenvalue weighted by Gasteiger charge is 2.47. The second-order valence-electron chi connectivity index (χ2n) is 6.60. The average molecular weight is 485 g/mol. The number of anilines is 1. The Bertz CT molecular complexity index is 1000. The van der Waals surface area contributed by atoms with Crippen molar-refractivity contribution in [1.82, 2.24) is 0 Å². The molecule has 148 valence electrons. The van der Waals surface area contributed by atoms with Crippen LogP contribution in [0.15, 0.2) is 58.0 Å². The molecule has 28 heavy (non-hydrogen) atoms. The molecule has 5 nitrogen and oxygen atoms in total. The summed E-state index contributed by atoms with van der Waals surface area (Å²) < 4.78 is 45.1. The van der Waals surface area contributed by atoms with Gasteiger partial charge in [-0.15, -0.1) is 0 Å². The molecule has 0 radical (unpaired) electrons. The fourth-order valence-electron chi connectivity index (χ4n) is 3.40. The molecule has 9 heteroatoms. The number of thioether (sulfide) groups is 1. The molecule has 0 bridgehead atoms. The molecule has 0 N–H and O–H groups in total. The van der Waals surface area contributed by atoms with E-state index < -0.39 is 15.7 Å². The van der Waals surface area contributed by atoms with Gasteiger partial charge in [-0.05, 0) is 30.3 Å². The maximum atomic E-state index is 14.6. The third-order valence-electron chi connectivity index (χ3n) is 4.60. The van der Waals surface area contributed by atoms with Crippen molar-refractivity contribution in [1.29, 1.82) is 0 Å². The van der Waals surface area contributed by atoms with Crippen LogP contribution >= 0.6 is 27.7 Å². The summed E-state index contributed by atoms with van der Waals surface area (Å²) in [6, 6.07) is 13.6. The van der Waals surface area contributed by atoms with Crippen LogP contribution in [0.2, 0.25) is 0 Å². The van der Waals surface area contributed by atoms with Crippen molar-refractivity contribution < 1.29 is 17.5 Å². The van der Waals surface area contributed by atoms with Crippen LogP contribution < -0.4 is 9.64 Å². The summed E-state index contributed by atoms with van der Waals surface area (Å²) in [7, 11) is -3.17. The first-order valence-electron chi connectivity index (χ1n) is 8.76. The number of para-hydroxylation sites is 1. The summed E-state index contributed by atoms with van der Waals surface area (Å²) in [4.78, 5) is 6.34. The number of aliphatic imine (C=N–C) groups is 1. The van der Waals surface area contributed by atoms with Gasteiger partial charge in [-0.3, -0.25) is 4.99 Å². The van der Waals surface area contributed by atoms with Crippen LogP contribution in [0.1, 0.15) is 0 Å². The average Bonchev–Trinajstić information content (AvgIpc) is 3.11. The molecule has 0 aliphatic carbocycles. The van der Waals surface area contributed by atoms with Crippen molar-refractivity contribution in [3.63, 3.8) is 0 Å². The van der Waals surface area contributed by atoms with Crippen molar-refractivity contribution >= 4 is 48.4 Å². The van der Waals surface area contributed by atoms with E-state index in [-0.39, 0.29) is 23.6 Å². The fraction of sp³-hybridized carbons (Fsp3) is 0.316. The third kappa shape index (κ3) is 4.21. The number of fused-ring (bicyclic) bond motifs is 1. The predicted octanol–water partition coefficient (Wildman–Crippen LogP) is 3.74. The molecule has 2 aromatic carbocycles. The van der Waals surface area contributed by atoms with Crippen molar-refractivity contribution in [2.45, 2.75) is 12.1 Å². The number of rotatable bonds is 5. The number of ether oxygens (including phenoxy) is 1. The normalized spacial score (nSPS) is 22.8. The van der Waals surface area contributed by atoms with E-state index in [0.29, 0.717) is 27.7 Å². The van der Waals surface area contributed by atoms with Gasteiger partial charge in [0.15, 0.2) is 15.0 Å². The van der Waals surface area contributed by atoms with Crippen LogP contribution in [-0.2, 0) is 9.84 Å². The SMILES string of the molecule is O=S1(=O)C[C@@H]2N=C(SCCOc3ccccc3)N(c3ccc(Br)cc3F)[C@H]2C1. The second-order valence-corrected chi connectivity index (χ2v) is 10.7. The van der Waals surface area contributed by atoms with Crippen molar-refractivity contribution in [2.75, 3.05) is 28.8 Å². The van der Waals surface area contributed by atoms with Crippen LogP contribution in [0.4, 0.5) is 10.1 Å². The zero-order chi connectivity index (χ0) is 19.7. The topological polar surface area (TPSA) is 59.0 Å². The lowest BCUT2D eigenvalue weighted by molar-refractivity contribution is 0.344. The molecule has 1 fully saturated rings. The highest BCUT2D eigenvalue weighted by molar-refractivity contribution is 9.10. The van der Waals surface area contributed by atoms with E-state index in [1.165, 1.54) is 17.8 Å². The lowest BCUT2D eigenvalue weighted by Gasteiger charge is -2.27. The molecule has 2 heterocycles. The highest BCUT2D eigenvalue weighted by Crippen LogP contribution is 2.37. The van der Waals surface area contributed by atoms with Gasteiger partial charge in [0.25, 0.3) is 0 Å². The Morgan fingerprint density at radius 2 is 2.00 bits per heavy atom. The molecule has 2 aliphatic heterocycles. The van der Waals surface area contributed by atoms with Gasteiger partial charge in [-0.2, -0.15) is 0 Å². The minimum Gasteiger partial charge on any atom is -0.493 e. The molecular weight excluding hydrogens is 467 g/mol. The maximum absolute atomic E-state index is 14.6. The monoisotopic (exact) mass is 484 g/mol. The van der Waals surface area contributed by atoms with Gasteiger partial charge >= 0.3 is 0 Å². The molecule has 0 saturated carbocycles. The molecule has 4 rings (SSSR count). The summed E-state index contributed by atoms with van der Waals surface area (Å²) in [5.74, 6) is 0.996. The molecule has 0 unspecified atom stereocenters. The molecule has 0 amide bonds. The fourth-order valence-corrected chi connectivity index (χ4v) is 6.51. The summed E-state index contributed by atoms with van der Waals surface area (Å²) in [5.41, 5.74) is 0.350. The summed E-state index contributed by atoms with van der Waals surface area (Å²) in [6.45, 7) is 0.470. The minimum absolute atomic E-state index is 0.0108. The van der Waals surface area contributed by atoms with E-state index in [1.807, 2.05) is 30.3 Å². The number of hydrogen-bond donors (Lipinski definition) is 0. The third-order valence-corrected chi connectivity index (χ3v) is 7.73. The van der Waals surface area contributed by atoms with Gasteiger partial charge in [-0.1, -0.05) is 45.9 Å². The Kier molecular flexibility index (Phi) is 5.66. The predicted molar refractivity (Wildman–Crippen MR) is 115 cm³/mol. The number of nitrogens with zero attached hydrogens (tertiary/aromatic N) is 2. The van der Waals surface area contributed by atoms with E-state index in [0.717, 1.165) is 5.75 Å². The van der Waals surface area contributed by atoms with Gasteiger partial charge in [0, 0.05) is 10.2 Å². The molecule has 0 aromatic heterocycles. The first-order chi connectivity index (χ1) is 13.4. The summed E-state index contributed by atoms with van der Waals surface area (Å²) in [5, 5.41) is 0.641. The van der Waals surface area contributed by atoms with Crippen LogP contribution in [0.3, 0.4) is 0 Å². The quantitative estimate of drug-likeness (QED) is 0.604. The standard InChI is InChI=1S/C19H18BrFN2O3S2/c20-13-6-7-17(15(21)10-13)23-18-12-28(24,25)11-16(18)22-19(23)27-9-8-26-14-4-2-1-3-5-14/h1-7,10,16,18H,8-9,11-12H2/t16-,18-/m0/s1. The molecule has 1 saturated heterocycles. The number of sulfone groups is 1. The Morgan fingerprint density at radius 1 is 1.21 bits per heavy atom. The number of hydrogen-bond acceptors (Lipinski definition) is 6. The smallest absolute Gasteiger partial charge is 0.164 e. The summed E-state index contributed by atoms with van der Waals surface area (Å²) in [6.07, 6.45) is 0. The van der Waals surface area contributed by atoms with Crippen LogP contribution in [-0.4, -0.2) is 49.5 Å². The molecular formula is C19H18BrFN2O3S2. The maximum Gasteiger partial charge on any atom is 0.164 e. The van der Waals surface area contributed by atoms with Gasteiger partial charge in [0.2, 0.25) is 0 Å². The Balaban J connectivity index is 1.50. The Hall–Kier alpha value is -1.58. The molecule has 2 aliphatic rings. The lowest BCUT2D eigenvalue weighted by Crippen LogP contribution is -2.39. The first kappa shape index (κ1) is 19.7. The van der Waals surface area contributed by atoms with E-state index >= 15 is 0 Å². The van der Waals surface area contributed by atoms with Gasteiger partial charge in [-0.25, -0.2) is 12.8 Å². The number of amidine groups is 1. The van der Waals surface area contributed by atoms with Crippen molar-refractivity contribution in [2.24, 2.45) is 4.99 Å². The minimum atomic E-state index is -3.17. The summed E-state index contributed by atoms with van der Waals surface area (Å²) >= 11 is 4.72. The molecule has 2 aromatic rings. The van der Waals surface area contributed by atoms with Crippen LogP contribution in [0, 0.1) is 5.82 Å². The van der Waals surface area contributed by atoms with Crippen molar-refractivity contribution in [3.05, 3.63) is 58.8 Å². The number of benzene rings is 2. The van der Waals surface area contributed by atoms with E-state index in [4.69, 9.17) is 4.74 Å². The van der Waals surface area contributed by atoms with E-state index in [1.54, 1.807) is 17.0 Å². The molecule has 0 spiro atoms. The first-order valence-corrected chi connectivity index (χ1v) is 12.4. The lowest BCUT2D eigenvalue weighted by atomic mass is 10.1. The van der Waals surface area contributed by atoms with Crippen molar-refractivity contribution in [3.8, 4) is 5.75 Å². The van der Waals surface area contributed by atoms with E-state index in [9.17, 15) is 12.8 Å². The van der Waals surface area contributed by atoms with Crippen LogP contribution in [0.5, 0.6) is 5.75 Å². The Labute approximate surface area is 176 Å². The van der Waals surface area contributed by atoms with E-state index in [2.05, 4.69) is 20.9 Å². The highest BCUT2D eigenvalue weighted by atomic mass is 79.9. The largest absolute Gasteiger partial charge is 0.493 e. The Morgan fingerprint density at radius 3 is 2.75 bits per heavy atom. The zero-order valence-electron chi connectivity index (χ0n) is 14.8. The number of halogens is 2. The zero-order valence-corrected chi connectivity index (χ0v) is 18.0. The second kappa shape index (κ2) is 8.04. The van der Waals surface area contributed by atoms with Gasteiger partial charge < -0.3 is 9.64 Å². The van der Waals surface area contributed by atoms with Gasteiger partial charge in [0.1, 0.15) is 11.6 Å².